The van der Waals surface area contributed by atoms with Gasteiger partial charge in [-0.1, -0.05) is 25.0 Å². The summed E-state index contributed by atoms with van der Waals surface area (Å²) in [5.74, 6) is 0. The van der Waals surface area contributed by atoms with Gasteiger partial charge in [-0.05, 0) is 25.0 Å². The molecule has 0 aromatic heterocycles. The Morgan fingerprint density at radius 1 is 1.29 bits per heavy atom. The highest BCUT2D eigenvalue weighted by atomic mass is 16.1. The lowest BCUT2D eigenvalue weighted by Crippen LogP contribution is -2.14. The fourth-order valence-electron chi connectivity index (χ4n) is 2.01. The Morgan fingerprint density at radius 2 is 2.07 bits per heavy atom. The van der Waals surface area contributed by atoms with Crippen LogP contribution in [0.15, 0.2) is 24.3 Å². The second-order valence-corrected chi connectivity index (χ2v) is 3.87. The van der Waals surface area contributed by atoms with Gasteiger partial charge in [-0.3, -0.25) is 4.79 Å². The van der Waals surface area contributed by atoms with Crippen LogP contribution < -0.4 is 5.32 Å². The van der Waals surface area contributed by atoms with E-state index in [4.69, 9.17) is 0 Å². The molecular formula is C12H15NO. The smallest absolute Gasteiger partial charge is 0.150 e. The van der Waals surface area contributed by atoms with E-state index in [0.29, 0.717) is 6.04 Å². The zero-order chi connectivity index (χ0) is 9.80. The minimum atomic E-state index is 0.608. The van der Waals surface area contributed by atoms with Crippen LogP contribution >= 0.6 is 0 Å². The lowest BCUT2D eigenvalue weighted by Gasteiger charge is -2.13. The van der Waals surface area contributed by atoms with Crippen molar-refractivity contribution in [3.8, 4) is 0 Å². The molecule has 2 heteroatoms. The van der Waals surface area contributed by atoms with Gasteiger partial charge in [0.25, 0.3) is 0 Å². The lowest BCUT2D eigenvalue weighted by molar-refractivity contribution is 0.112. The second-order valence-electron chi connectivity index (χ2n) is 3.87. The van der Waals surface area contributed by atoms with Crippen LogP contribution in [0.3, 0.4) is 0 Å². The number of hydrogen-bond donors (Lipinski definition) is 1. The average molecular weight is 189 g/mol. The number of carbonyl (C=O) groups is 1. The first-order valence-electron chi connectivity index (χ1n) is 5.20. The maximum absolute atomic E-state index is 10.6. The zero-order valence-electron chi connectivity index (χ0n) is 8.20. The maximum atomic E-state index is 10.6. The van der Waals surface area contributed by atoms with Crippen molar-refractivity contribution in [3.63, 3.8) is 0 Å². The van der Waals surface area contributed by atoms with E-state index in [1.165, 1.54) is 25.7 Å². The molecule has 0 saturated heterocycles. The molecule has 0 aliphatic heterocycles. The molecule has 0 atom stereocenters. The molecule has 1 saturated carbocycles. The van der Waals surface area contributed by atoms with E-state index in [-0.39, 0.29) is 0 Å². The van der Waals surface area contributed by atoms with Gasteiger partial charge in [0.05, 0.1) is 0 Å². The molecule has 0 bridgehead atoms. The van der Waals surface area contributed by atoms with E-state index in [1.54, 1.807) is 0 Å². The van der Waals surface area contributed by atoms with Gasteiger partial charge in [0, 0.05) is 17.3 Å². The molecule has 1 aliphatic rings. The molecule has 0 unspecified atom stereocenters. The third kappa shape index (κ3) is 2.13. The highest BCUT2D eigenvalue weighted by Crippen LogP contribution is 2.22. The summed E-state index contributed by atoms with van der Waals surface area (Å²) < 4.78 is 0. The molecule has 2 nitrogen and oxygen atoms in total. The fourth-order valence-corrected chi connectivity index (χ4v) is 2.01. The number of rotatable bonds is 3. The van der Waals surface area contributed by atoms with Gasteiger partial charge >= 0.3 is 0 Å². The Morgan fingerprint density at radius 3 is 2.79 bits per heavy atom. The molecule has 1 fully saturated rings. The molecular weight excluding hydrogens is 174 g/mol. The first-order valence-corrected chi connectivity index (χ1v) is 5.20. The Hall–Kier alpha value is -1.31. The van der Waals surface area contributed by atoms with Crippen LogP contribution in [0.2, 0.25) is 0 Å². The lowest BCUT2D eigenvalue weighted by atomic mass is 10.2. The van der Waals surface area contributed by atoms with Gasteiger partial charge < -0.3 is 5.32 Å². The van der Waals surface area contributed by atoms with E-state index >= 15 is 0 Å². The molecule has 1 aromatic rings. The number of aldehydes is 1. The molecule has 1 N–H and O–H groups in total. The van der Waals surface area contributed by atoms with E-state index < -0.39 is 0 Å². The van der Waals surface area contributed by atoms with Gasteiger partial charge in [0.15, 0.2) is 0 Å². The first-order chi connectivity index (χ1) is 6.88. The van der Waals surface area contributed by atoms with E-state index in [0.717, 1.165) is 17.5 Å². The molecule has 0 amide bonds. The SMILES string of the molecule is O=Cc1cccc(NC2CCCC2)c1. The van der Waals surface area contributed by atoms with Crippen molar-refractivity contribution in [2.75, 3.05) is 5.32 Å². The van der Waals surface area contributed by atoms with Gasteiger partial charge in [-0.25, -0.2) is 0 Å². The molecule has 1 aromatic carbocycles. The monoisotopic (exact) mass is 189 g/mol. The molecule has 0 heterocycles. The Kier molecular flexibility index (Phi) is 2.82. The maximum Gasteiger partial charge on any atom is 0.150 e. The van der Waals surface area contributed by atoms with Crippen molar-refractivity contribution < 1.29 is 4.79 Å². The minimum Gasteiger partial charge on any atom is -0.382 e. The van der Waals surface area contributed by atoms with Crippen molar-refractivity contribution in [2.45, 2.75) is 31.7 Å². The molecule has 0 spiro atoms. The van der Waals surface area contributed by atoms with Crippen LogP contribution in [-0.2, 0) is 0 Å². The number of anilines is 1. The van der Waals surface area contributed by atoms with Crippen molar-refractivity contribution in [1.82, 2.24) is 0 Å². The van der Waals surface area contributed by atoms with Crippen LogP contribution in [0, 0.1) is 0 Å². The van der Waals surface area contributed by atoms with Crippen molar-refractivity contribution in [2.24, 2.45) is 0 Å². The summed E-state index contributed by atoms with van der Waals surface area (Å²) in [6.45, 7) is 0. The van der Waals surface area contributed by atoms with Gasteiger partial charge in [0.1, 0.15) is 6.29 Å². The van der Waals surface area contributed by atoms with Crippen molar-refractivity contribution in [1.29, 1.82) is 0 Å². The minimum absolute atomic E-state index is 0.608. The highest BCUT2D eigenvalue weighted by molar-refractivity contribution is 5.76. The molecule has 1 aliphatic carbocycles. The number of hydrogen-bond acceptors (Lipinski definition) is 2. The normalized spacial score (nSPS) is 16.9. The Balaban J connectivity index is 2.04. The quantitative estimate of drug-likeness (QED) is 0.741. The molecule has 0 radical (unpaired) electrons. The molecule has 2 rings (SSSR count). The largest absolute Gasteiger partial charge is 0.382 e. The third-order valence-electron chi connectivity index (χ3n) is 2.75. The third-order valence-corrected chi connectivity index (χ3v) is 2.75. The van der Waals surface area contributed by atoms with Gasteiger partial charge in [0.2, 0.25) is 0 Å². The summed E-state index contributed by atoms with van der Waals surface area (Å²) in [5.41, 5.74) is 1.81. The van der Waals surface area contributed by atoms with Crippen LogP contribution in [0.5, 0.6) is 0 Å². The Labute approximate surface area is 84.3 Å². The molecule has 14 heavy (non-hydrogen) atoms. The van der Waals surface area contributed by atoms with Crippen molar-refractivity contribution >= 4 is 12.0 Å². The summed E-state index contributed by atoms with van der Waals surface area (Å²) in [5, 5.41) is 3.46. The number of carbonyl (C=O) groups excluding carboxylic acids is 1. The molecule has 74 valence electrons. The fraction of sp³-hybridized carbons (Fsp3) is 0.417. The van der Waals surface area contributed by atoms with Crippen LogP contribution in [0.25, 0.3) is 0 Å². The number of benzene rings is 1. The standard InChI is InChI=1S/C12H15NO/c14-9-10-4-3-7-12(8-10)13-11-5-1-2-6-11/h3-4,7-9,11,13H,1-2,5-6H2. The van der Waals surface area contributed by atoms with E-state index in [9.17, 15) is 4.79 Å². The van der Waals surface area contributed by atoms with E-state index in [1.807, 2.05) is 24.3 Å². The summed E-state index contributed by atoms with van der Waals surface area (Å²) in [7, 11) is 0. The second kappa shape index (κ2) is 4.27. The summed E-state index contributed by atoms with van der Waals surface area (Å²) in [4.78, 5) is 10.6. The number of nitrogens with one attached hydrogen (secondary N) is 1. The summed E-state index contributed by atoms with van der Waals surface area (Å²) >= 11 is 0. The zero-order valence-corrected chi connectivity index (χ0v) is 8.20. The summed E-state index contributed by atoms with van der Waals surface area (Å²) in [6.07, 6.45) is 6.05. The van der Waals surface area contributed by atoms with Crippen LogP contribution in [0.4, 0.5) is 5.69 Å². The van der Waals surface area contributed by atoms with Crippen molar-refractivity contribution in [3.05, 3.63) is 29.8 Å². The predicted molar refractivity (Wildman–Crippen MR) is 57.7 cm³/mol. The first kappa shape index (κ1) is 9.25. The highest BCUT2D eigenvalue weighted by Gasteiger charge is 2.14. The average Bonchev–Trinajstić information content (AvgIpc) is 2.71. The topological polar surface area (TPSA) is 29.1 Å². The van der Waals surface area contributed by atoms with E-state index in [2.05, 4.69) is 5.32 Å². The van der Waals surface area contributed by atoms with Gasteiger partial charge in [-0.2, -0.15) is 0 Å². The predicted octanol–water partition coefficient (Wildman–Crippen LogP) is 2.85. The summed E-state index contributed by atoms with van der Waals surface area (Å²) in [6, 6.07) is 8.28. The van der Waals surface area contributed by atoms with Crippen LogP contribution in [-0.4, -0.2) is 12.3 Å². The van der Waals surface area contributed by atoms with Crippen LogP contribution in [0.1, 0.15) is 36.0 Å². The van der Waals surface area contributed by atoms with Gasteiger partial charge in [-0.15, -0.1) is 0 Å². The Bertz CT molecular complexity index is 316.